The SMILES string of the molecule is CCCCCCCC=Cc1ccc([Si](O[Si](C)(C)C)(O[Si](C)(C)C)O[Si](C)(C)C)cc1. The van der Waals surface area contributed by atoms with Crippen molar-refractivity contribution in [1.82, 2.24) is 0 Å². The van der Waals surface area contributed by atoms with Crippen LogP contribution in [-0.4, -0.2) is 33.8 Å². The van der Waals surface area contributed by atoms with E-state index in [4.69, 9.17) is 12.3 Å². The largest absolute Gasteiger partial charge is 0.505 e. The van der Waals surface area contributed by atoms with Gasteiger partial charge in [-0.2, -0.15) is 0 Å². The van der Waals surface area contributed by atoms with Gasteiger partial charge in [0.25, 0.3) is 0 Å². The molecule has 0 aliphatic rings. The van der Waals surface area contributed by atoms with Crippen LogP contribution in [0.25, 0.3) is 6.08 Å². The van der Waals surface area contributed by atoms with E-state index in [1.807, 2.05) is 0 Å². The quantitative estimate of drug-likeness (QED) is 0.194. The Hall–Kier alpha value is -0.292. The third kappa shape index (κ3) is 12.5. The smallest absolute Gasteiger partial charge is 0.414 e. The van der Waals surface area contributed by atoms with Gasteiger partial charge in [-0.3, -0.25) is 0 Å². The van der Waals surface area contributed by atoms with Gasteiger partial charge in [0.2, 0.25) is 0 Å². The summed E-state index contributed by atoms with van der Waals surface area (Å²) in [6, 6.07) is 8.76. The van der Waals surface area contributed by atoms with Gasteiger partial charge < -0.3 is 12.3 Å². The fourth-order valence-corrected chi connectivity index (χ4v) is 16.6. The summed E-state index contributed by atoms with van der Waals surface area (Å²) in [5, 5.41) is 1.11. The second-order valence-electron chi connectivity index (χ2n) is 11.4. The van der Waals surface area contributed by atoms with Crippen molar-refractivity contribution in [3.63, 3.8) is 0 Å². The standard InChI is InChI=1S/C24H48O3Si4/c1-11-12-13-14-15-16-17-18-23-19-21-24(22-20-23)31(25-28(2,3)4,26-29(5,6)7)27-30(8,9)10/h17-22H,11-16H2,1-10H3. The highest BCUT2D eigenvalue weighted by Gasteiger charge is 2.51. The van der Waals surface area contributed by atoms with Gasteiger partial charge in [-0.15, -0.1) is 0 Å². The van der Waals surface area contributed by atoms with Crippen molar-refractivity contribution in [3.05, 3.63) is 35.9 Å². The molecule has 0 saturated carbocycles. The fourth-order valence-electron chi connectivity index (χ4n) is 3.33. The van der Waals surface area contributed by atoms with Crippen molar-refractivity contribution >= 4 is 45.0 Å². The molecule has 1 rings (SSSR count). The molecule has 0 aliphatic carbocycles. The minimum absolute atomic E-state index is 1.11. The van der Waals surface area contributed by atoms with E-state index in [0.717, 1.165) is 11.6 Å². The summed E-state index contributed by atoms with van der Waals surface area (Å²) in [6.45, 7) is 22.3. The summed E-state index contributed by atoms with van der Waals surface area (Å²) < 4.78 is 20.5. The molecule has 178 valence electrons. The summed E-state index contributed by atoms with van der Waals surface area (Å²) in [5.41, 5.74) is 1.23. The normalized spacial score (nSPS) is 13.9. The topological polar surface area (TPSA) is 27.7 Å². The van der Waals surface area contributed by atoms with Crippen LogP contribution in [0.2, 0.25) is 58.9 Å². The first-order valence-electron chi connectivity index (χ1n) is 12.0. The molecular weight excluding hydrogens is 449 g/mol. The maximum absolute atomic E-state index is 6.83. The highest BCUT2D eigenvalue weighted by atomic mass is 28.5. The molecule has 31 heavy (non-hydrogen) atoms. The number of hydrogen-bond donors (Lipinski definition) is 0. The van der Waals surface area contributed by atoms with E-state index in [-0.39, 0.29) is 0 Å². The zero-order chi connectivity index (χ0) is 23.8. The highest BCUT2D eigenvalue weighted by molar-refractivity contribution is 6.95. The maximum Gasteiger partial charge on any atom is 0.505 e. The maximum atomic E-state index is 6.83. The average molecular weight is 497 g/mol. The molecule has 0 N–H and O–H groups in total. The molecule has 0 fully saturated rings. The van der Waals surface area contributed by atoms with Crippen LogP contribution in [0.1, 0.15) is 51.0 Å². The van der Waals surface area contributed by atoms with Crippen molar-refractivity contribution in [2.45, 2.75) is 104 Å². The second-order valence-corrected chi connectivity index (χ2v) is 28.2. The van der Waals surface area contributed by atoms with Crippen LogP contribution < -0.4 is 5.19 Å². The first-order chi connectivity index (χ1) is 14.2. The van der Waals surface area contributed by atoms with Crippen LogP contribution >= 0.6 is 0 Å². The fraction of sp³-hybridized carbons (Fsp3) is 0.667. The van der Waals surface area contributed by atoms with Crippen LogP contribution in [0.3, 0.4) is 0 Å². The number of benzene rings is 1. The van der Waals surface area contributed by atoms with E-state index in [1.54, 1.807) is 0 Å². The molecule has 1 aromatic carbocycles. The van der Waals surface area contributed by atoms with E-state index in [0.29, 0.717) is 0 Å². The van der Waals surface area contributed by atoms with Crippen molar-refractivity contribution in [1.29, 1.82) is 0 Å². The lowest BCUT2D eigenvalue weighted by Crippen LogP contribution is -2.67. The van der Waals surface area contributed by atoms with Gasteiger partial charge in [-0.1, -0.05) is 69.0 Å². The highest BCUT2D eigenvalue weighted by Crippen LogP contribution is 2.26. The molecule has 0 spiro atoms. The van der Waals surface area contributed by atoms with E-state index in [9.17, 15) is 0 Å². The molecule has 0 aromatic heterocycles. The lowest BCUT2D eigenvalue weighted by molar-refractivity contribution is 0.273. The molecule has 0 bridgehead atoms. The lowest BCUT2D eigenvalue weighted by atomic mass is 10.1. The molecule has 0 amide bonds. The Morgan fingerprint density at radius 3 is 1.52 bits per heavy atom. The Morgan fingerprint density at radius 1 is 0.645 bits per heavy atom. The number of rotatable bonds is 14. The molecule has 0 aliphatic heterocycles. The predicted octanol–water partition coefficient (Wildman–Crippen LogP) is 7.76. The molecular formula is C24H48O3Si4. The summed E-state index contributed by atoms with van der Waals surface area (Å²) in [7, 11) is -8.66. The summed E-state index contributed by atoms with van der Waals surface area (Å²) >= 11 is 0. The van der Waals surface area contributed by atoms with Crippen molar-refractivity contribution in [3.8, 4) is 0 Å². The van der Waals surface area contributed by atoms with Gasteiger partial charge in [0.15, 0.2) is 25.0 Å². The van der Waals surface area contributed by atoms with Crippen LogP contribution in [0, 0.1) is 0 Å². The summed E-state index contributed by atoms with van der Waals surface area (Å²) in [5.74, 6) is 0. The Labute approximate surface area is 197 Å². The Kier molecular flexibility index (Phi) is 11.4. The van der Waals surface area contributed by atoms with Crippen molar-refractivity contribution < 1.29 is 12.3 Å². The van der Waals surface area contributed by atoms with Crippen molar-refractivity contribution in [2.75, 3.05) is 0 Å². The van der Waals surface area contributed by atoms with Crippen LogP contribution in [0.4, 0.5) is 0 Å². The number of hydrogen-bond acceptors (Lipinski definition) is 3. The van der Waals surface area contributed by atoms with Crippen molar-refractivity contribution in [2.24, 2.45) is 0 Å². The first-order valence-corrected chi connectivity index (χ1v) is 24.0. The molecule has 3 nitrogen and oxygen atoms in total. The zero-order valence-corrected chi connectivity index (χ0v) is 25.9. The monoisotopic (exact) mass is 496 g/mol. The molecule has 0 atom stereocenters. The first kappa shape index (κ1) is 28.7. The van der Waals surface area contributed by atoms with E-state index >= 15 is 0 Å². The van der Waals surface area contributed by atoms with Crippen LogP contribution in [0.5, 0.6) is 0 Å². The van der Waals surface area contributed by atoms with Gasteiger partial charge in [0, 0.05) is 5.19 Å². The molecule has 7 heteroatoms. The Balaban J connectivity index is 3.09. The van der Waals surface area contributed by atoms with Gasteiger partial charge in [-0.25, -0.2) is 0 Å². The minimum atomic E-state index is -3.00. The summed E-state index contributed by atoms with van der Waals surface area (Å²) in [6.07, 6.45) is 12.3. The number of allylic oxidation sites excluding steroid dienone is 1. The second kappa shape index (κ2) is 12.2. The minimum Gasteiger partial charge on any atom is -0.414 e. The summed E-state index contributed by atoms with van der Waals surface area (Å²) in [4.78, 5) is 0. The molecule has 0 radical (unpaired) electrons. The molecule has 1 aromatic rings. The third-order valence-corrected chi connectivity index (χ3v) is 16.0. The van der Waals surface area contributed by atoms with Crippen LogP contribution in [0.15, 0.2) is 30.3 Å². The van der Waals surface area contributed by atoms with Gasteiger partial charge in [0.1, 0.15) is 0 Å². The molecule has 0 saturated heterocycles. The third-order valence-electron chi connectivity index (χ3n) is 4.37. The Morgan fingerprint density at radius 2 is 1.10 bits per heavy atom. The van der Waals surface area contributed by atoms with Gasteiger partial charge in [-0.05, 0) is 77.3 Å². The van der Waals surface area contributed by atoms with Gasteiger partial charge in [0.05, 0.1) is 0 Å². The van der Waals surface area contributed by atoms with E-state index in [2.05, 4.69) is 102 Å². The molecule has 0 heterocycles. The average Bonchev–Trinajstić information content (AvgIpc) is 2.57. The lowest BCUT2D eigenvalue weighted by Gasteiger charge is -2.42. The van der Waals surface area contributed by atoms with Crippen LogP contribution in [-0.2, 0) is 12.3 Å². The predicted molar refractivity (Wildman–Crippen MR) is 148 cm³/mol. The molecule has 0 unspecified atom stereocenters. The Bertz CT molecular complexity index is 627. The van der Waals surface area contributed by atoms with E-state index < -0.39 is 33.8 Å². The van der Waals surface area contributed by atoms with E-state index in [1.165, 1.54) is 37.7 Å². The number of unbranched alkanes of at least 4 members (excludes halogenated alkanes) is 5. The van der Waals surface area contributed by atoms with Gasteiger partial charge >= 0.3 is 8.80 Å². The zero-order valence-electron chi connectivity index (χ0n) is 21.9.